The molecule has 0 aliphatic heterocycles. The van der Waals surface area contributed by atoms with E-state index in [0.717, 1.165) is 5.69 Å². The summed E-state index contributed by atoms with van der Waals surface area (Å²) in [4.78, 5) is 10.3. The number of hydrogen-bond donors (Lipinski definition) is 2. The van der Waals surface area contributed by atoms with E-state index >= 15 is 0 Å². The lowest BCUT2D eigenvalue weighted by atomic mass is 10.3. The summed E-state index contributed by atoms with van der Waals surface area (Å²) in [5.74, 6) is 0. The van der Waals surface area contributed by atoms with Gasteiger partial charge in [-0.1, -0.05) is 0 Å². The van der Waals surface area contributed by atoms with E-state index in [4.69, 9.17) is 0 Å². The van der Waals surface area contributed by atoms with Gasteiger partial charge in [0.1, 0.15) is 0 Å². The second-order valence-corrected chi connectivity index (χ2v) is 5.50. The van der Waals surface area contributed by atoms with Gasteiger partial charge in [-0.3, -0.25) is 0 Å². The molecular formula is C8H10N4O2S2. The molecule has 16 heavy (non-hydrogen) atoms. The SMILES string of the molecule is O=S(=O)(NCCc1cscn1)c1cnc[nH]1. The molecule has 0 fully saturated rings. The standard InChI is InChI=1S/C8H10N4O2S2/c13-16(14,8-3-9-5-10-8)12-2-1-7-4-15-6-11-7/h3-6,12H,1-2H2,(H,9,10). The van der Waals surface area contributed by atoms with Crippen molar-refractivity contribution >= 4 is 21.4 Å². The third-order valence-corrected chi connectivity index (χ3v) is 3.94. The van der Waals surface area contributed by atoms with Gasteiger partial charge in [0.15, 0.2) is 5.03 Å². The van der Waals surface area contributed by atoms with Crippen LogP contribution in [0.15, 0.2) is 28.4 Å². The molecule has 0 saturated heterocycles. The van der Waals surface area contributed by atoms with Gasteiger partial charge in [-0.15, -0.1) is 11.3 Å². The summed E-state index contributed by atoms with van der Waals surface area (Å²) in [6.45, 7) is 0.324. The van der Waals surface area contributed by atoms with E-state index in [1.165, 1.54) is 23.9 Å². The topological polar surface area (TPSA) is 87.7 Å². The van der Waals surface area contributed by atoms with Crippen LogP contribution in [0.5, 0.6) is 0 Å². The van der Waals surface area contributed by atoms with Crippen molar-refractivity contribution in [2.24, 2.45) is 0 Å². The Labute approximate surface area is 96.8 Å². The maximum atomic E-state index is 11.6. The van der Waals surface area contributed by atoms with E-state index in [-0.39, 0.29) is 5.03 Å². The molecular weight excluding hydrogens is 248 g/mol. The van der Waals surface area contributed by atoms with Gasteiger partial charge in [0.2, 0.25) is 0 Å². The van der Waals surface area contributed by atoms with Crippen LogP contribution in [0.3, 0.4) is 0 Å². The minimum absolute atomic E-state index is 0.0748. The molecule has 0 aliphatic carbocycles. The summed E-state index contributed by atoms with van der Waals surface area (Å²) < 4.78 is 25.7. The maximum Gasteiger partial charge on any atom is 0.257 e. The van der Waals surface area contributed by atoms with Gasteiger partial charge in [0.25, 0.3) is 10.0 Å². The first kappa shape index (κ1) is 11.2. The second-order valence-electron chi connectivity index (χ2n) is 3.04. The van der Waals surface area contributed by atoms with Crippen LogP contribution in [0.2, 0.25) is 0 Å². The van der Waals surface area contributed by atoms with Crippen molar-refractivity contribution in [3.8, 4) is 0 Å². The van der Waals surface area contributed by atoms with E-state index < -0.39 is 10.0 Å². The molecule has 2 aromatic rings. The van der Waals surface area contributed by atoms with Crippen LogP contribution in [-0.4, -0.2) is 29.9 Å². The van der Waals surface area contributed by atoms with E-state index in [1.54, 1.807) is 5.51 Å². The van der Waals surface area contributed by atoms with Crippen molar-refractivity contribution < 1.29 is 8.42 Å². The average Bonchev–Trinajstić information content (AvgIpc) is 2.90. The fourth-order valence-corrected chi connectivity index (χ4v) is 2.67. The summed E-state index contributed by atoms with van der Waals surface area (Å²) in [6.07, 6.45) is 3.18. The largest absolute Gasteiger partial charge is 0.335 e. The van der Waals surface area contributed by atoms with Gasteiger partial charge in [-0.25, -0.2) is 23.1 Å². The predicted molar refractivity (Wildman–Crippen MR) is 59.6 cm³/mol. The molecule has 6 nitrogen and oxygen atoms in total. The molecule has 0 saturated carbocycles. The summed E-state index contributed by atoms with van der Waals surface area (Å²) >= 11 is 1.49. The Balaban J connectivity index is 1.91. The molecule has 2 aromatic heterocycles. The lowest BCUT2D eigenvalue weighted by molar-refractivity contribution is 0.578. The van der Waals surface area contributed by atoms with Crippen molar-refractivity contribution in [3.05, 3.63) is 29.1 Å². The maximum absolute atomic E-state index is 11.6. The quantitative estimate of drug-likeness (QED) is 0.812. The Hall–Kier alpha value is -1.25. The molecule has 0 bridgehead atoms. The van der Waals surface area contributed by atoms with E-state index in [1.807, 2.05) is 5.38 Å². The number of hydrogen-bond acceptors (Lipinski definition) is 5. The van der Waals surface area contributed by atoms with Crippen molar-refractivity contribution in [1.29, 1.82) is 0 Å². The highest BCUT2D eigenvalue weighted by molar-refractivity contribution is 7.89. The zero-order valence-corrected chi connectivity index (χ0v) is 9.88. The van der Waals surface area contributed by atoms with Gasteiger partial charge in [-0.05, 0) is 0 Å². The summed E-state index contributed by atoms with van der Waals surface area (Å²) in [5.41, 5.74) is 2.61. The van der Waals surface area contributed by atoms with Gasteiger partial charge >= 0.3 is 0 Å². The number of thiazole rings is 1. The highest BCUT2D eigenvalue weighted by Gasteiger charge is 2.14. The fourth-order valence-electron chi connectivity index (χ4n) is 1.14. The summed E-state index contributed by atoms with van der Waals surface area (Å²) in [6, 6.07) is 0. The molecule has 2 heterocycles. The van der Waals surface area contributed by atoms with Gasteiger partial charge < -0.3 is 4.98 Å². The number of imidazole rings is 1. The number of nitrogens with one attached hydrogen (secondary N) is 2. The molecule has 0 aliphatic rings. The minimum atomic E-state index is -3.46. The van der Waals surface area contributed by atoms with Gasteiger partial charge in [0, 0.05) is 18.3 Å². The fraction of sp³-hybridized carbons (Fsp3) is 0.250. The first-order valence-corrected chi connectivity index (χ1v) is 6.96. The van der Waals surface area contributed by atoms with Crippen LogP contribution in [0.1, 0.15) is 5.69 Å². The first-order valence-electron chi connectivity index (χ1n) is 4.53. The molecule has 0 radical (unpaired) electrons. The Bertz CT molecular complexity index is 518. The molecule has 2 N–H and O–H groups in total. The number of rotatable bonds is 5. The molecule has 0 spiro atoms. The van der Waals surface area contributed by atoms with Crippen molar-refractivity contribution in [2.45, 2.75) is 11.4 Å². The summed E-state index contributed by atoms with van der Waals surface area (Å²) in [5, 5.41) is 1.97. The van der Waals surface area contributed by atoms with Crippen LogP contribution < -0.4 is 4.72 Å². The van der Waals surface area contributed by atoms with Crippen molar-refractivity contribution in [1.82, 2.24) is 19.7 Å². The summed E-state index contributed by atoms with van der Waals surface area (Å²) in [7, 11) is -3.46. The van der Waals surface area contributed by atoms with Gasteiger partial charge in [0.05, 0.1) is 23.7 Å². The smallest absolute Gasteiger partial charge is 0.257 e. The lowest BCUT2D eigenvalue weighted by Crippen LogP contribution is -2.26. The number of H-pyrrole nitrogens is 1. The highest BCUT2D eigenvalue weighted by Crippen LogP contribution is 2.03. The van der Waals surface area contributed by atoms with Crippen LogP contribution in [-0.2, 0) is 16.4 Å². The normalized spacial score (nSPS) is 11.8. The predicted octanol–water partition coefficient (Wildman–Crippen LogP) is 0.387. The number of aromatic nitrogens is 3. The first-order chi connectivity index (χ1) is 7.68. The molecule has 86 valence electrons. The molecule has 0 atom stereocenters. The second kappa shape index (κ2) is 4.73. The van der Waals surface area contributed by atoms with Crippen LogP contribution in [0.4, 0.5) is 0 Å². The number of nitrogens with zero attached hydrogens (tertiary/aromatic N) is 2. The van der Waals surface area contributed by atoms with Crippen LogP contribution >= 0.6 is 11.3 Å². The molecule has 2 rings (SSSR count). The van der Waals surface area contributed by atoms with Crippen LogP contribution in [0.25, 0.3) is 0 Å². The van der Waals surface area contributed by atoms with Crippen molar-refractivity contribution in [2.75, 3.05) is 6.54 Å². The molecule has 0 amide bonds. The minimum Gasteiger partial charge on any atom is -0.335 e. The lowest BCUT2D eigenvalue weighted by Gasteiger charge is -2.02. The monoisotopic (exact) mass is 258 g/mol. The highest BCUT2D eigenvalue weighted by atomic mass is 32.2. The Kier molecular flexibility index (Phi) is 3.32. The molecule has 0 unspecified atom stereocenters. The van der Waals surface area contributed by atoms with E-state index in [0.29, 0.717) is 13.0 Å². The van der Waals surface area contributed by atoms with E-state index in [2.05, 4.69) is 19.7 Å². The number of sulfonamides is 1. The average molecular weight is 258 g/mol. The Morgan fingerprint density at radius 2 is 2.38 bits per heavy atom. The third-order valence-electron chi connectivity index (χ3n) is 1.92. The van der Waals surface area contributed by atoms with E-state index in [9.17, 15) is 8.42 Å². The zero-order chi connectivity index (χ0) is 11.4. The Morgan fingerprint density at radius 3 is 3.00 bits per heavy atom. The van der Waals surface area contributed by atoms with Gasteiger partial charge in [-0.2, -0.15) is 0 Å². The van der Waals surface area contributed by atoms with Crippen molar-refractivity contribution in [3.63, 3.8) is 0 Å². The molecule has 8 heteroatoms. The zero-order valence-electron chi connectivity index (χ0n) is 8.25. The molecule has 0 aromatic carbocycles. The third kappa shape index (κ3) is 2.65. The van der Waals surface area contributed by atoms with Crippen LogP contribution in [0, 0.1) is 0 Å². The Morgan fingerprint density at radius 1 is 1.50 bits per heavy atom. The number of aromatic amines is 1.